The Morgan fingerprint density at radius 1 is 0.543 bits per heavy atom. The Bertz CT molecular complexity index is 1160. The second-order valence-corrected chi connectivity index (χ2v) is 10.4. The number of para-hydroxylation sites is 2. The minimum atomic E-state index is 0. The molecule has 0 aliphatic heterocycles. The van der Waals surface area contributed by atoms with Crippen LogP contribution in [0.4, 0.5) is 0 Å². The average molecular weight is 650 g/mol. The summed E-state index contributed by atoms with van der Waals surface area (Å²) in [5.74, 6) is 0.539. The van der Waals surface area contributed by atoms with Crippen LogP contribution in [0.2, 0.25) is 0 Å². The van der Waals surface area contributed by atoms with Crippen LogP contribution in [0.25, 0.3) is 22.5 Å². The first-order valence-corrected chi connectivity index (χ1v) is 11.5. The van der Waals surface area contributed by atoms with Crippen molar-refractivity contribution in [2.45, 2.75) is 52.4 Å². The first kappa shape index (κ1) is 28.3. The van der Waals surface area contributed by atoms with Crippen molar-refractivity contribution in [3.63, 3.8) is 0 Å². The second kappa shape index (κ2) is 11.6. The normalized spacial score (nSPS) is 11.1. The summed E-state index contributed by atoms with van der Waals surface area (Å²) in [5.41, 5.74) is 5.78. The van der Waals surface area contributed by atoms with Crippen molar-refractivity contribution in [3.05, 3.63) is 96.3 Å². The van der Waals surface area contributed by atoms with E-state index in [9.17, 15) is 10.2 Å². The Balaban J connectivity index is 0.000000240. The third-order valence-electron chi connectivity index (χ3n) is 5.61. The molecule has 0 atom stereocenters. The second-order valence-electron chi connectivity index (χ2n) is 10.4. The zero-order chi connectivity index (χ0) is 24.9. The topological polar surface area (TPSA) is 66.2 Å². The quantitative estimate of drug-likeness (QED) is 0.236. The van der Waals surface area contributed by atoms with Gasteiger partial charge in [0, 0.05) is 44.6 Å². The summed E-state index contributed by atoms with van der Waals surface area (Å²) < 4.78 is 0. The zero-order valence-corrected chi connectivity index (χ0v) is 23.5. The summed E-state index contributed by atoms with van der Waals surface area (Å²) in [7, 11) is 0. The Labute approximate surface area is 223 Å². The van der Waals surface area contributed by atoms with E-state index in [4.69, 9.17) is 0 Å². The van der Waals surface area contributed by atoms with Crippen molar-refractivity contribution in [1.29, 1.82) is 0 Å². The van der Waals surface area contributed by atoms with Crippen LogP contribution in [0, 0.1) is 0 Å². The summed E-state index contributed by atoms with van der Waals surface area (Å²) in [6.07, 6.45) is 3.59. The molecule has 0 spiro atoms. The van der Waals surface area contributed by atoms with E-state index in [1.54, 1.807) is 24.5 Å². The number of phenolic OH excluding ortho intramolecular Hbond substituents is 2. The van der Waals surface area contributed by atoms with E-state index in [2.05, 4.69) is 51.5 Å². The number of aromatic hydroxyl groups is 2. The molecule has 0 amide bonds. The summed E-state index contributed by atoms with van der Waals surface area (Å²) in [6.45, 7) is 13.0. The first-order valence-electron chi connectivity index (χ1n) is 11.5. The molecule has 0 fully saturated rings. The maximum absolute atomic E-state index is 9.82. The number of hydrogen-bond acceptors (Lipinski definition) is 4. The Morgan fingerprint density at radius 2 is 0.886 bits per heavy atom. The summed E-state index contributed by atoms with van der Waals surface area (Å²) >= 11 is 0. The summed E-state index contributed by atoms with van der Waals surface area (Å²) in [4.78, 5) is 8.65. The van der Waals surface area contributed by atoms with Gasteiger partial charge < -0.3 is 10.2 Å². The average Bonchev–Trinajstić information content (AvgIpc) is 2.79. The number of nitrogens with zero attached hydrogens (tertiary/aromatic N) is 2. The molecule has 0 aliphatic carbocycles. The molecule has 2 heterocycles. The van der Waals surface area contributed by atoms with Crippen LogP contribution < -0.4 is 0 Å². The van der Waals surface area contributed by atoms with Crippen LogP contribution in [-0.4, -0.2) is 20.2 Å². The van der Waals surface area contributed by atoms with E-state index in [1.165, 1.54) is 11.1 Å². The number of hydrogen-bond donors (Lipinski definition) is 2. The van der Waals surface area contributed by atoms with Gasteiger partial charge in [0.05, 0.1) is 11.4 Å². The van der Waals surface area contributed by atoms with Crippen LogP contribution in [0.5, 0.6) is 11.5 Å². The van der Waals surface area contributed by atoms with E-state index in [1.807, 2.05) is 60.7 Å². The van der Waals surface area contributed by atoms with Crippen molar-refractivity contribution in [2.75, 3.05) is 0 Å². The SMILES string of the molecule is CC(C)(C)c1ccnc(-c2ccccc2O)c1.CC(C)(C)c1ccnc(-c2ccccc2O)c1.[Pt]. The van der Waals surface area contributed by atoms with Gasteiger partial charge in [0.25, 0.3) is 0 Å². The number of benzene rings is 2. The predicted octanol–water partition coefficient (Wildman–Crippen LogP) is 7.50. The van der Waals surface area contributed by atoms with Gasteiger partial charge in [-0.25, -0.2) is 0 Å². The minimum Gasteiger partial charge on any atom is -0.507 e. The molecule has 0 radical (unpaired) electrons. The third kappa shape index (κ3) is 7.50. The fourth-order valence-electron chi connectivity index (χ4n) is 3.47. The number of phenols is 2. The van der Waals surface area contributed by atoms with Crippen molar-refractivity contribution in [2.24, 2.45) is 0 Å². The number of rotatable bonds is 2. The number of aromatic nitrogens is 2. The summed E-state index contributed by atoms with van der Waals surface area (Å²) in [6, 6.07) is 22.7. The molecule has 186 valence electrons. The molecule has 4 aromatic rings. The van der Waals surface area contributed by atoms with Gasteiger partial charge in [0.15, 0.2) is 0 Å². The van der Waals surface area contributed by atoms with Gasteiger partial charge in [-0.05, 0) is 70.5 Å². The first-order chi connectivity index (χ1) is 16.0. The minimum absolute atomic E-state index is 0. The van der Waals surface area contributed by atoms with Gasteiger partial charge in [0.2, 0.25) is 0 Å². The monoisotopic (exact) mass is 649 g/mol. The van der Waals surface area contributed by atoms with Gasteiger partial charge in [-0.15, -0.1) is 0 Å². The molecule has 5 heteroatoms. The largest absolute Gasteiger partial charge is 0.507 e. The summed E-state index contributed by atoms with van der Waals surface area (Å²) in [5, 5.41) is 19.6. The Morgan fingerprint density at radius 3 is 1.20 bits per heavy atom. The van der Waals surface area contributed by atoms with Crippen LogP contribution in [-0.2, 0) is 31.9 Å². The van der Waals surface area contributed by atoms with Gasteiger partial charge in [-0.3, -0.25) is 9.97 Å². The van der Waals surface area contributed by atoms with Gasteiger partial charge in [0.1, 0.15) is 11.5 Å². The molecule has 2 aromatic heterocycles. The number of pyridine rings is 2. The molecule has 0 saturated heterocycles. The van der Waals surface area contributed by atoms with Crippen molar-refractivity contribution in [1.82, 2.24) is 9.97 Å². The maximum atomic E-state index is 9.82. The van der Waals surface area contributed by atoms with Crippen molar-refractivity contribution < 1.29 is 31.3 Å². The fourth-order valence-corrected chi connectivity index (χ4v) is 3.47. The predicted molar refractivity (Wildman–Crippen MR) is 140 cm³/mol. The van der Waals surface area contributed by atoms with E-state index in [-0.39, 0.29) is 43.4 Å². The standard InChI is InChI=1S/2C15H17NO.Pt/c2*1-15(2,3)11-8-9-16-13(10-11)12-6-4-5-7-14(12)17;/h2*4-10,17H,1-3H3;. The van der Waals surface area contributed by atoms with Gasteiger partial charge in [-0.1, -0.05) is 65.8 Å². The molecule has 0 saturated carbocycles. The molecule has 0 aliphatic rings. The molecule has 2 aromatic carbocycles. The molecule has 0 bridgehead atoms. The molecular formula is C30H34N2O2Pt. The Hall–Kier alpha value is -2.97. The van der Waals surface area contributed by atoms with E-state index < -0.39 is 0 Å². The maximum Gasteiger partial charge on any atom is 0.124 e. The molecule has 0 unspecified atom stereocenters. The van der Waals surface area contributed by atoms with Crippen LogP contribution in [0.15, 0.2) is 85.2 Å². The van der Waals surface area contributed by atoms with Crippen molar-refractivity contribution in [3.8, 4) is 34.0 Å². The molecule has 4 rings (SSSR count). The Kier molecular flexibility index (Phi) is 9.40. The van der Waals surface area contributed by atoms with Crippen LogP contribution in [0.3, 0.4) is 0 Å². The third-order valence-corrected chi connectivity index (χ3v) is 5.61. The van der Waals surface area contributed by atoms with Crippen LogP contribution in [0.1, 0.15) is 52.7 Å². The molecular weight excluding hydrogens is 615 g/mol. The van der Waals surface area contributed by atoms with Crippen LogP contribution >= 0.6 is 0 Å². The van der Waals surface area contributed by atoms with Gasteiger partial charge >= 0.3 is 0 Å². The van der Waals surface area contributed by atoms with Gasteiger partial charge in [-0.2, -0.15) is 0 Å². The van der Waals surface area contributed by atoms with Crippen molar-refractivity contribution >= 4 is 0 Å². The molecule has 4 nitrogen and oxygen atoms in total. The molecule has 2 N–H and O–H groups in total. The smallest absolute Gasteiger partial charge is 0.124 e. The van der Waals surface area contributed by atoms with E-state index in [0.29, 0.717) is 0 Å². The van der Waals surface area contributed by atoms with E-state index >= 15 is 0 Å². The fraction of sp³-hybridized carbons (Fsp3) is 0.267. The molecule has 35 heavy (non-hydrogen) atoms. The zero-order valence-electron chi connectivity index (χ0n) is 21.2. The van der Waals surface area contributed by atoms with E-state index in [0.717, 1.165) is 22.5 Å².